The highest BCUT2D eigenvalue weighted by Crippen LogP contribution is 2.28. The molecule has 1 N–H and O–H groups in total. The molecule has 0 aromatic heterocycles. The molecule has 21 heavy (non-hydrogen) atoms. The first-order valence-corrected chi connectivity index (χ1v) is 6.13. The molecule has 0 bridgehead atoms. The van der Waals surface area contributed by atoms with Gasteiger partial charge in [0.05, 0.1) is 13.2 Å². The summed E-state index contributed by atoms with van der Waals surface area (Å²) in [5.41, 5.74) is 0.105. The number of alkyl halides is 3. The quantitative estimate of drug-likeness (QED) is 0.850. The summed E-state index contributed by atoms with van der Waals surface area (Å²) in [6.45, 7) is 2.57. The second-order valence-electron chi connectivity index (χ2n) is 5.07. The van der Waals surface area contributed by atoms with Crippen molar-refractivity contribution < 1.29 is 32.5 Å². The van der Waals surface area contributed by atoms with E-state index >= 15 is 0 Å². The molecule has 0 saturated carbocycles. The predicted octanol–water partition coefficient (Wildman–Crippen LogP) is 2.85. The lowest BCUT2D eigenvalue weighted by molar-refractivity contribution is -0.274. The third kappa shape index (κ3) is 4.82. The standard InChI is InChI=1S/C13H14F3NO4/c1-12(8-20-12)7-17(11(18)19)6-9-2-4-10(5-3-9)21-13(14,15)16/h2-5H,6-8H2,1H3,(H,18,19). The van der Waals surface area contributed by atoms with E-state index in [0.29, 0.717) is 12.2 Å². The zero-order valence-corrected chi connectivity index (χ0v) is 11.2. The molecule has 116 valence electrons. The fourth-order valence-electron chi connectivity index (χ4n) is 1.83. The first-order chi connectivity index (χ1) is 9.67. The summed E-state index contributed by atoms with van der Waals surface area (Å²) in [6, 6.07) is 5.09. The van der Waals surface area contributed by atoms with Crippen molar-refractivity contribution in [3.05, 3.63) is 29.8 Å². The Labute approximate surface area is 118 Å². The number of benzene rings is 1. The zero-order valence-electron chi connectivity index (χ0n) is 11.2. The lowest BCUT2D eigenvalue weighted by atomic mass is 10.1. The van der Waals surface area contributed by atoms with Crippen LogP contribution in [0.4, 0.5) is 18.0 Å². The van der Waals surface area contributed by atoms with Crippen molar-refractivity contribution in [3.8, 4) is 5.75 Å². The molecule has 1 fully saturated rings. The van der Waals surface area contributed by atoms with Gasteiger partial charge in [-0.15, -0.1) is 13.2 Å². The molecule has 0 spiro atoms. The summed E-state index contributed by atoms with van der Waals surface area (Å²) in [5.74, 6) is -0.342. The zero-order chi connectivity index (χ0) is 15.7. The van der Waals surface area contributed by atoms with Crippen molar-refractivity contribution in [1.82, 2.24) is 4.90 Å². The van der Waals surface area contributed by atoms with Gasteiger partial charge in [0.2, 0.25) is 0 Å². The predicted molar refractivity (Wildman–Crippen MR) is 65.9 cm³/mol. The van der Waals surface area contributed by atoms with Gasteiger partial charge in [-0.25, -0.2) is 4.79 Å². The maximum Gasteiger partial charge on any atom is 0.573 e. The van der Waals surface area contributed by atoms with Crippen LogP contribution in [-0.2, 0) is 11.3 Å². The molecule has 0 aliphatic carbocycles. The first-order valence-electron chi connectivity index (χ1n) is 6.13. The Balaban J connectivity index is 1.99. The fraction of sp³-hybridized carbons (Fsp3) is 0.462. The minimum absolute atomic E-state index is 0.0700. The van der Waals surface area contributed by atoms with Crippen LogP contribution in [0.15, 0.2) is 24.3 Å². The number of epoxide rings is 1. The second-order valence-corrected chi connectivity index (χ2v) is 5.07. The van der Waals surface area contributed by atoms with Gasteiger partial charge in [0, 0.05) is 6.54 Å². The summed E-state index contributed by atoms with van der Waals surface area (Å²) in [7, 11) is 0. The van der Waals surface area contributed by atoms with Crippen LogP contribution in [-0.4, -0.2) is 41.2 Å². The molecule has 8 heteroatoms. The van der Waals surface area contributed by atoms with Gasteiger partial charge < -0.3 is 19.5 Å². The minimum atomic E-state index is -4.74. The van der Waals surface area contributed by atoms with E-state index in [1.165, 1.54) is 12.1 Å². The SMILES string of the molecule is CC1(CN(Cc2ccc(OC(F)(F)F)cc2)C(=O)O)CO1. The third-order valence-electron chi connectivity index (χ3n) is 2.96. The molecule has 1 saturated heterocycles. The number of carboxylic acid groups (broad SMARTS) is 1. The van der Waals surface area contributed by atoms with Crippen LogP contribution in [0.5, 0.6) is 5.75 Å². The molecule has 2 rings (SSSR count). The van der Waals surface area contributed by atoms with Crippen LogP contribution < -0.4 is 4.74 Å². The van der Waals surface area contributed by atoms with Crippen molar-refractivity contribution in [2.24, 2.45) is 0 Å². The summed E-state index contributed by atoms with van der Waals surface area (Å²) >= 11 is 0. The van der Waals surface area contributed by atoms with E-state index < -0.39 is 18.1 Å². The van der Waals surface area contributed by atoms with E-state index in [2.05, 4.69) is 4.74 Å². The van der Waals surface area contributed by atoms with Gasteiger partial charge in [-0.3, -0.25) is 0 Å². The molecule has 1 aromatic rings. The Kier molecular flexibility index (Phi) is 3.99. The van der Waals surface area contributed by atoms with E-state index in [1.54, 1.807) is 6.92 Å². The molecule has 1 atom stereocenters. The number of nitrogens with zero attached hydrogens (tertiary/aromatic N) is 1. The Bertz CT molecular complexity index is 511. The van der Waals surface area contributed by atoms with Gasteiger partial charge in [-0.05, 0) is 24.6 Å². The highest BCUT2D eigenvalue weighted by molar-refractivity contribution is 5.65. The van der Waals surface area contributed by atoms with Crippen LogP contribution in [0.1, 0.15) is 12.5 Å². The second kappa shape index (κ2) is 5.44. The van der Waals surface area contributed by atoms with Crippen LogP contribution in [0.2, 0.25) is 0 Å². The van der Waals surface area contributed by atoms with Gasteiger partial charge in [0.1, 0.15) is 11.4 Å². The average Bonchev–Trinajstić information content (AvgIpc) is 3.07. The van der Waals surface area contributed by atoms with E-state index in [4.69, 9.17) is 9.84 Å². The maximum absolute atomic E-state index is 12.0. The molecule has 1 aliphatic heterocycles. The van der Waals surface area contributed by atoms with Crippen molar-refractivity contribution in [2.75, 3.05) is 13.2 Å². The molecule has 1 unspecified atom stereocenters. The van der Waals surface area contributed by atoms with Crippen LogP contribution in [0, 0.1) is 0 Å². The summed E-state index contributed by atoms with van der Waals surface area (Å²) < 4.78 is 45.0. The Morgan fingerprint density at radius 1 is 1.43 bits per heavy atom. The van der Waals surface area contributed by atoms with Crippen LogP contribution in [0.3, 0.4) is 0 Å². The molecule has 0 radical (unpaired) electrons. The molecule has 1 amide bonds. The van der Waals surface area contributed by atoms with E-state index in [0.717, 1.165) is 17.0 Å². The number of ether oxygens (including phenoxy) is 2. The smallest absolute Gasteiger partial charge is 0.465 e. The molecule has 1 aromatic carbocycles. The number of hydrogen-bond donors (Lipinski definition) is 1. The van der Waals surface area contributed by atoms with Gasteiger partial charge in [0.25, 0.3) is 0 Å². The minimum Gasteiger partial charge on any atom is -0.465 e. The van der Waals surface area contributed by atoms with Crippen molar-refractivity contribution in [3.63, 3.8) is 0 Å². The normalized spacial score (nSPS) is 21.0. The molecule has 1 aliphatic rings. The van der Waals surface area contributed by atoms with Gasteiger partial charge in [-0.1, -0.05) is 12.1 Å². The van der Waals surface area contributed by atoms with Crippen molar-refractivity contribution in [2.45, 2.75) is 25.4 Å². The molecule has 1 heterocycles. The molecular formula is C13H14F3NO4. The number of rotatable bonds is 5. The number of amides is 1. The van der Waals surface area contributed by atoms with Gasteiger partial charge >= 0.3 is 12.5 Å². The number of carbonyl (C=O) groups is 1. The number of hydrogen-bond acceptors (Lipinski definition) is 3. The van der Waals surface area contributed by atoms with E-state index in [9.17, 15) is 18.0 Å². The average molecular weight is 305 g/mol. The third-order valence-corrected chi connectivity index (χ3v) is 2.96. The molecular weight excluding hydrogens is 291 g/mol. The van der Waals surface area contributed by atoms with Crippen LogP contribution in [0.25, 0.3) is 0 Å². The highest BCUT2D eigenvalue weighted by atomic mass is 19.4. The largest absolute Gasteiger partial charge is 0.573 e. The highest BCUT2D eigenvalue weighted by Gasteiger charge is 2.42. The van der Waals surface area contributed by atoms with E-state index in [-0.39, 0.29) is 18.8 Å². The lowest BCUT2D eigenvalue weighted by Crippen LogP contribution is -2.36. The lowest BCUT2D eigenvalue weighted by Gasteiger charge is -2.21. The maximum atomic E-state index is 12.0. The van der Waals surface area contributed by atoms with Crippen molar-refractivity contribution in [1.29, 1.82) is 0 Å². The fourth-order valence-corrected chi connectivity index (χ4v) is 1.83. The Morgan fingerprint density at radius 3 is 2.43 bits per heavy atom. The molecule has 5 nitrogen and oxygen atoms in total. The van der Waals surface area contributed by atoms with Gasteiger partial charge in [0.15, 0.2) is 0 Å². The first kappa shape index (κ1) is 15.4. The van der Waals surface area contributed by atoms with Gasteiger partial charge in [-0.2, -0.15) is 0 Å². The Morgan fingerprint density at radius 2 is 2.00 bits per heavy atom. The monoisotopic (exact) mass is 305 g/mol. The summed E-state index contributed by atoms with van der Waals surface area (Å²) in [6.07, 6.45) is -5.85. The summed E-state index contributed by atoms with van der Waals surface area (Å²) in [5, 5.41) is 9.13. The topological polar surface area (TPSA) is 62.3 Å². The van der Waals surface area contributed by atoms with Crippen LogP contribution >= 0.6 is 0 Å². The number of halogens is 3. The van der Waals surface area contributed by atoms with E-state index in [1.807, 2.05) is 0 Å². The summed E-state index contributed by atoms with van der Waals surface area (Å²) in [4.78, 5) is 12.3. The van der Waals surface area contributed by atoms with Crippen molar-refractivity contribution >= 4 is 6.09 Å². The Hall–Kier alpha value is -1.96.